The Kier molecular flexibility index (Phi) is 6.31. The number of carbonyl (C=O) groups is 2. The van der Waals surface area contributed by atoms with E-state index in [4.69, 9.17) is 16.7 Å². The number of carboxylic acid groups (broad SMARTS) is 1. The molecule has 3 aromatic carbocycles. The van der Waals surface area contributed by atoms with E-state index >= 15 is 0 Å². The molecular formula is C28H26ClN3O3. The molecule has 0 radical (unpaired) electrons. The number of aromatic carboxylic acids is 1. The number of aryl methyl sites for hydroxylation is 2. The van der Waals surface area contributed by atoms with Gasteiger partial charge in [0.2, 0.25) is 0 Å². The lowest BCUT2D eigenvalue weighted by Crippen LogP contribution is -2.27. The first-order valence-corrected chi connectivity index (χ1v) is 12.2. The first-order valence-electron chi connectivity index (χ1n) is 11.8. The average molecular weight is 488 g/mol. The van der Waals surface area contributed by atoms with Crippen molar-refractivity contribution >= 4 is 34.4 Å². The molecule has 4 aromatic rings. The molecule has 1 aromatic heterocycles. The van der Waals surface area contributed by atoms with Gasteiger partial charge in [0.25, 0.3) is 5.91 Å². The molecule has 6 nitrogen and oxygen atoms in total. The molecule has 5 rings (SSSR count). The number of amides is 1. The van der Waals surface area contributed by atoms with Crippen LogP contribution in [0.3, 0.4) is 0 Å². The first kappa shape index (κ1) is 23.1. The molecule has 0 aliphatic heterocycles. The third-order valence-electron chi connectivity index (χ3n) is 6.72. The van der Waals surface area contributed by atoms with Crippen LogP contribution in [0.1, 0.15) is 68.8 Å². The smallest absolute Gasteiger partial charge is 0.335 e. The number of rotatable bonds is 6. The van der Waals surface area contributed by atoms with Gasteiger partial charge in [0.15, 0.2) is 0 Å². The number of benzene rings is 3. The SMILES string of the molecule is C[C@H](NC(=O)c1cc2c(c3cnn(Cc4cccc(Cl)c4)c13)CCCC2)c1ccc(C(=O)O)cc1. The highest BCUT2D eigenvalue weighted by molar-refractivity contribution is 6.30. The fraction of sp³-hybridized carbons (Fsp3) is 0.250. The number of hydrogen-bond acceptors (Lipinski definition) is 3. The Labute approximate surface area is 208 Å². The number of nitrogens with one attached hydrogen (secondary N) is 1. The summed E-state index contributed by atoms with van der Waals surface area (Å²) in [5, 5.41) is 18.6. The lowest BCUT2D eigenvalue weighted by Gasteiger charge is -2.20. The van der Waals surface area contributed by atoms with Crippen LogP contribution in [0.4, 0.5) is 0 Å². The van der Waals surface area contributed by atoms with Gasteiger partial charge in [0.05, 0.1) is 35.4 Å². The molecule has 178 valence electrons. The van der Waals surface area contributed by atoms with E-state index in [2.05, 4.69) is 10.4 Å². The van der Waals surface area contributed by atoms with Crippen LogP contribution < -0.4 is 5.32 Å². The van der Waals surface area contributed by atoms with Gasteiger partial charge in [-0.15, -0.1) is 0 Å². The molecule has 7 heteroatoms. The van der Waals surface area contributed by atoms with E-state index in [1.807, 2.05) is 48.1 Å². The van der Waals surface area contributed by atoms with Gasteiger partial charge in [0, 0.05) is 10.4 Å². The monoisotopic (exact) mass is 487 g/mol. The summed E-state index contributed by atoms with van der Waals surface area (Å²) in [5.74, 6) is -1.15. The van der Waals surface area contributed by atoms with Gasteiger partial charge >= 0.3 is 5.97 Å². The van der Waals surface area contributed by atoms with Crippen molar-refractivity contribution in [2.75, 3.05) is 0 Å². The predicted octanol–water partition coefficient (Wildman–Crippen LogP) is 5.81. The molecule has 1 amide bonds. The van der Waals surface area contributed by atoms with Gasteiger partial charge < -0.3 is 10.4 Å². The largest absolute Gasteiger partial charge is 0.478 e. The number of hydrogen-bond donors (Lipinski definition) is 2. The molecule has 0 fully saturated rings. The summed E-state index contributed by atoms with van der Waals surface area (Å²) >= 11 is 6.20. The van der Waals surface area contributed by atoms with E-state index in [0.717, 1.165) is 47.7 Å². The topological polar surface area (TPSA) is 84.2 Å². The number of nitrogens with zero attached hydrogens (tertiary/aromatic N) is 2. The van der Waals surface area contributed by atoms with Crippen LogP contribution >= 0.6 is 11.6 Å². The summed E-state index contributed by atoms with van der Waals surface area (Å²) in [6.45, 7) is 2.40. The van der Waals surface area contributed by atoms with E-state index in [9.17, 15) is 9.59 Å². The minimum atomic E-state index is -0.974. The van der Waals surface area contributed by atoms with Crippen LogP contribution in [-0.2, 0) is 19.4 Å². The first-order chi connectivity index (χ1) is 16.9. The lowest BCUT2D eigenvalue weighted by molar-refractivity contribution is 0.0696. The number of aromatic nitrogens is 2. The summed E-state index contributed by atoms with van der Waals surface area (Å²) in [5.41, 5.74) is 6.01. The molecule has 0 saturated carbocycles. The normalized spacial score (nSPS) is 13.9. The van der Waals surface area contributed by atoms with E-state index in [1.165, 1.54) is 11.1 Å². The van der Waals surface area contributed by atoms with Crippen molar-refractivity contribution in [3.05, 3.63) is 99.2 Å². The fourth-order valence-corrected chi connectivity index (χ4v) is 5.11. The summed E-state index contributed by atoms with van der Waals surface area (Å²) in [6, 6.07) is 16.0. The Balaban J connectivity index is 1.51. The van der Waals surface area contributed by atoms with Crippen molar-refractivity contribution < 1.29 is 14.7 Å². The van der Waals surface area contributed by atoms with Gasteiger partial charge in [-0.25, -0.2) is 4.79 Å². The maximum atomic E-state index is 13.6. The standard InChI is InChI=1S/C28H26ClN3O3/c1-17(19-9-11-20(12-10-19)28(34)35)31-27(33)24-14-21-6-2-3-8-23(21)25-15-30-32(26(24)25)16-18-5-4-7-22(29)13-18/h4-5,7,9-15,17H,2-3,6,8,16H2,1H3,(H,31,33)(H,34,35)/t17-/m0/s1. The lowest BCUT2D eigenvalue weighted by atomic mass is 9.87. The second kappa shape index (κ2) is 9.55. The van der Waals surface area contributed by atoms with Gasteiger partial charge in [0.1, 0.15) is 0 Å². The quantitative estimate of drug-likeness (QED) is 0.359. The molecular weight excluding hydrogens is 462 g/mol. The van der Waals surface area contributed by atoms with Crippen molar-refractivity contribution in [1.29, 1.82) is 0 Å². The summed E-state index contributed by atoms with van der Waals surface area (Å²) in [4.78, 5) is 24.8. The van der Waals surface area contributed by atoms with Gasteiger partial charge in [-0.1, -0.05) is 35.9 Å². The van der Waals surface area contributed by atoms with Gasteiger partial charge in [-0.2, -0.15) is 5.10 Å². The molecule has 1 aliphatic rings. The Morgan fingerprint density at radius 2 is 1.89 bits per heavy atom. The highest BCUT2D eigenvalue weighted by Gasteiger charge is 2.23. The van der Waals surface area contributed by atoms with E-state index in [-0.39, 0.29) is 17.5 Å². The van der Waals surface area contributed by atoms with Crippen LogP contribution in [0, 0.1) is 0 Å². The van der Waals surface area contributed by atoms with Crippen molar-refractivity contribution in [1.82, 2.24) is 15.1 Å². The van der Waals surface area contributed by atoms with Crippen LogP contribution in [0.5, 0.6) is 0 Å². The van der Waals surface area contributed by atoms with Crippen molar-refractivity contribution in [3.8, 4) is 0 Å². The number of halogens is 1. The summed E-state index contributed by atoms with van der Waals surface area (Å²) in [6.07, 6.45) is 6.08. The molecule has 0 spiro atoms. The molecule has 1 heterocycles. The van der Waals surface area contributed by atoms with E-state index in [0.29, 0.717) is 17.1 Å². The number of fused-ring (bicyclic) bond motifs is 3. The van der Waals surface area contributed by atoms with Crippen LogP contribution in [0.15, 0.2) is 60.8 Å². The maximum absolute atomic E-state index is 13.6. The highest BCUT2D eigenvalue weighted by atomic mass is 35.5. The molecule has 35 heavy (non-hydrogen) atoms. The second-order valence-corrected chi connectivity index (χ2v) is 9.52. The molecule has 1 aliphatic carbocycles. The number of carbonyl (C=O) groups excluding carboxylic acids is 1. The maximum Gasteiger partial charge on any atom is 0.335 e. The second-order valence-electron chi connectivity index (χ2n) is 9.09. The Bertz CT molecular complexity index is 1430. The van der Waals surface area contributed by atoms with E-state index < -0.39 is 5.97 Å². The third kappa shape index (κ3) is 4.66. The zero-order valence-corrected chi connectivity index (χ0v) is 20.2. The fourth-order valence-electron chi connectivity index (χ4n) is 4.90. The predicted molar refractivity (Wildman–Crippen MR) is 136 cm³/mol. The minimum absolute atomic E-state index is 0.175. The molecule has 0 bridgehead atoms. The van der Waals surface area contributed by atoms with Crippen LogP contribution in [0.25, 0.3) is 10.9 Å². The highest BCUT2D eigenvalue weighted by Crippen LogP contribution is 2.32. The minimum Gasteiger partial charge on any atom is -0.478 e. The number of carboxylic acids is 1. The van der Waals surface area contributed by atoms with Crippen LogP contribution in [0.2, 0.25) is 5.02 Å². The van der Waals surface area contributed by atoms with Crippen molar-refractivity contribution in [2.45, 2.75) is 45.2 Å². The zero-order valence-electron chi connectivity index (χ0n) is 19.4. The average Bonchev–Trinajstić information content (AvgIpc) is 3.27. The van der Waals surface area contributed by atoms with Gasteiger partial charge in [-0.3, -0.25) is 9.48 Å². The van der Waals surface area contributed by atoms with Crippen LogP contribution in [-0.4, -0.2) is 26.8 Å². The molecule has 0 saturated heterocycles. The van der Waals surface area contributed by atoms with Crippen molar-refractivity contribution in [3.63, 3.8) is 0 Å². The molecule has 1 atom stereocenters. The Morgan fingerprint density at radius 1 is 1.11 bits per heavy atom. The summed E-state index contributed by atoms with van der Waals surface area (Å²) < 4.78 is 1.89. The molecule has 2 N–H and O–H groups in total. The van der Waals surface area contributed by atoms with Crippen molar-refractivity contribution in [2.24, 2.45) is 0 Å². The molecule has 0 unspecified atom stereocenters. The Hall–Kier alpha value is -3.64. The van der Waals surface area contributed by atoms with E-state index in [1.54, 1.807) is 24.3 Å². The summed E-state index contributed by atoms with van der Waals surface area (Å²) in [7, 11) is 0. The van der Waals surface area contributed by atoms with Gasteiger partial charge in [-0.05, 0) is 85.2 Å². The zero-order chi connectivity index (χ0) is 24.5. The Morgan fingerprint density at radius 3 is 2.63 bits per heavy atom. The third-order valence-corrected chi connectivity index (χ3v) is 6.96.